The predicted octanol–water partition coefficient (Wildman–Crippen LogP) is 5.73. The van der Waals surface area contributed by atoms with Gasteiger partial charge in [-0.3, -0.25) is 9.89 Å². The molecule has 0 aromatic heterocycles. The molecule has 30 heavy (non-hydrogen) atoms. The summed E-state index contributed by atoms with van der Waals surface area (Å²) in [5.41, 5.74) is 13.4. The van der Waals surface area contributed by atoms with E-state index in [1.165, 1.54) is 36.8 Å². The Morgan fingerprint density at radius 2 is 1.43 bits per heavy atom. The van der Waals surface area contributed by atoms with Crippen LogP contribution < -0.4 is 11.5 Å². The van der Waals surface area contributed by atoms with E-state index in [4.69, 9.17) is 46.3 Å². The van der Waals surface area contributed by atoms with Crippen LogP contribution in [0.15, 0.2) is 47.5 Å². The van der Waals surface area contributed by atoms with E-state index in [1.807, 2.05) is 24.3 Å². The summed E-state index contributed by atoms with van der Waals surface area (Å²) < 4.78 is 0. The van der Waals surface area contributed by atoms with Crippen LogP contribution in [-0.4, -0.2) is 23.9 Å². The maximum atomic E-state index is 6.24. The van der Waals surface area contributed by atoms with Gasteiger partial charge in [0.05, 0.1) is 10.0 Å². The van der Waals surface area contributed by atoms with Crippen LogP contribution in [0.4, 0.5) is 0 Å². The molecular formula is C23H29Cl3N4. The molecule has 1 aliphatic carbocycles. The standard InChI is InChI=1S/C23H29Cl3N4/c24-20-8-5-18(6-9-20)14-30(15-19-7-10-21(25)22(26)11-19)13-17-3-1-16(2-4-17)12-29-23(27)28/h5-11,16-17H,1-4,12-15H2,(H4,27,28,29). The van der Waals surface area contributed by atoms with Gasteiger partial charge < -0.3 is 11.5 Å². The molecule has 0 heterocycles. The summed E-state index contributed by atoms with van der Waals surface area (Å²) in [6, 6.07) is 14.0. The third kappa shape index (κ3) is 7.35. The first-order valence-corrected chi connectivity index (χ1v) is 11.5. The van der Waals surface area contributed by atoms with Crippen molar-refractivity contribution in [2.24, 2.45) is 28.3 Å². The number of hydrogen-bond acceptors (Lipinski definition) is 2. The second-order valence-corrected chi connectivity index (χ2v) is 9.45. The zero-order valence-electron chi connectivity index (χ0n) is 17.0. The monoisotopic (exact) mass is 466 g/mol. The van der Waals surface area contributed by atoms with Crippen molar-refractivity contribution < 1.29 is 0 Å². The molecule has 1 aliphatic rings. The summed E-state index contributed by atoms with van der Waals surface area (Å²) in [5, 5.41) is 1.94. The Morgan fingerprint density at radius 1 is 0.833 bits per heavy atom. The van der Waals surface area contributed by atoms with Crippen LogP contribution in [0, 0.1) is 11.8 Å². The molecule has 0 bridgehead atoms. The van der Waals surface area contributed by atoms with Gasteiger partial charge in [0.15, 0.2) is 5.96 Å². The van der Waals surface area contributed by atoms with E-state index in [-0.39, 0.29) is 5.96 Å². The molecule has 0 atom stereocenters. The number of nitrogens with two attached hydrogens (primary N) is 2. The largest absolute Gasteiger partial charge is 0.370 e. The average Bonchev–Trinajstić information content (AvgIpc) is 2.72. The van der Waals surface area contributed by atoms with Gasteiger partial charge in [-0.25, -0.2) is 0 Å². The molecule has 0 unspecified atom stereocenters. The molecule has 1 fully saturated rings. The molecule has 0 radical (unpaired) electrons. The zero-order chi connectivity index (χ0) is 21.5. The van der Waals surface area contributed by atoms with Gasteiger partial charge in [0.1, 0.15) is 0 Å². The first-order chi connectivity index (χ1) is 14.4. The molecule has 3 rings (SSSR count). The molecule has 0 amide bonds. The topological polar surface area (TPSA) is 67.6 Å². The number of nitrogens with zero attached hydrogens (tertiary/aromatic N) is 2. The van der Waals surface area contributed by atoms with Crippen molar-refractivity contribution in [3.63, 3.8) is 0 Å². The van der Waals surface area contributed by atoms with Gasteiger partial charge in [-0.2, -0.15) is 0 Å². The van der Waals surface area contributed by atoms with Gasteiger partial charge in [-0.05, 0) is 72.9 Å². The minimum atomic E-state index is 0.188. The lowest BCUT2D eigenvalue weighted by molar-refractivity contribution is 0.170. The Bertz CT molecular complexity index is 842. The Labute approximate surface area is 194 Å². The number of guanidine groups is 1. The van der Waals surface area contributed by atoms with Crippen LogP contribution in [0.5, 0.6) is 0 Å². The van der Waals surface area contributed by atoms with Gasteiger partial charge in [-0.15, -0.1) is 0 Å². The van der Waals surface area contributed by atoms with Crippen molar-refractivity contribution in [3.8, 4) is 0 Å². The van der Waals surface area contributed by atoms with Crippen LogP contribution in [0.1, 0.15) is 36.8 Å². The number of benzene rings is 2. The summed E-state index contributed by atoms with van der Waals surface area (Å²) in [6.07, 6.45) is 4.73. The molecule has 2 aromatic rings. The molecule has 0 saturated heterocycles. The van der Waals surface area contributed by atoms with Crippen LogP contribution in [-0.2, 0) is 13.1 Å². The van der Waals surface area contributed by atoms with Crippen LogP contribution >= 0.6 is 34.8 Å². The van der Waals surface area contributed by atoms with Crippen molar-refractivity contribution in [1.82, 2.24) is 4.90 Å². The fourth-order valence-corrected chi connectivity index (χ4v) is 4.57. The highest BCUT2D eigenvalue weighted by atomic mass is 35.5. The van der Waals surface area contributed by atoms with Gasteiger partial charge in [0, 0.05) is 31.2 Å². The van der Waals surface area contributed by atoms with Crippen molar-refractivity contribution in [2.45, 2.75) is 38.8 Å². The Morgan fingerprint density at radius 3 is 2.07 bits per heavy atom. The zero-order valence-corrected chi connectivity index (χ0v) is 19.3. The van der Waals surface area contributed by atoms with Gasteiger partial charge >= 0.3 is 0 Å². The van der Waals surface area contributed by atoms with Gasteiger partial charge in [0.25, 0.3) is 0 Å². The van der Waals surface area contributed by atoms with Gasteiger partial charge in [0.2, 0.25) is 0 Å². The van der Waals surface area contributed by atoms with Crippen LogP contribution in [0.2, 0.25) is 15.1 Å². The summed E-state index contributed by atoms with van der Waals surface area (Å²) in [6.45, 7) is 3.48. The smallest absolute Gasteiger partial charge is 0.185 e. The fraction of sp³-hybridized carbons (Fsp3) is 0.435. The van der Waals surface area contributed by atoms with E-state index in [0.29, 0.717) is 21.9 Å². The Balaban J connectivity index is 1.64. The van der Waals surface area contributed by atoms with Gasteiger partial charge in [-0.1, -0.05) is 53.0 Å². The second kappa shape index (κ2) is 11.2. The highest BCUT2D eigenvalue weighted by Crippen LogP contribution is 2.31. The summed E-state index contributed by atoms with van der Waals surface area (Å²) >= 11 is 18.4. The quantitative estimate of drug-likeness (QED) is 0.385. The minimum Gasteiger partial charge on any atom is -0.370 e. The van der Waals surface area contributed by atoms with Crippen molar-refractivity contribution in [3.05, 3.63) is 68.7 Å². The lowest BCUT2D eigenvalue weighted by Gasteiger charge is -2.32. The highest BCUT2D eigenvalue weighted by Gasteiger charge is 2.23. The first-order valence-electron chi connectivity index (χ1n) is 10.3. The highest BCUT2D eigenvalue weighted by molar-refractivity contribution is 6.42. The van der Waals surface area contributed by atoms with E-state index in [0.717, 1.165) is 31.2 Å². The first kappa shape index (κ1) is 23.2. The maximum Gasteiger partial charge on any atom is 0.185 e. The van der Waals surface area contributed by atoms with Crippen molar-refractivity contribution in [1.29, 1.82) is 0 Å². The Hall–Kier alpha value is -1.46. The minimum absolute atomic E-state index is 0.188. The molecule has 4 N–H and O–H groups in total. The SMILES string of the molecule is NC(N)=NCC1CCC(CN(Cc2ccc(Cl)cc2)Cc2ccc(Cl)c(Cl)c2)CC1. The summed E-state index contributed by atoms with van der Waals surface area (Å²) in [5.74, 6) is 1.44. The number of aliphatic imine (C=N–C) groups is 1. The van der Waals surface area contributed by atoms with Crippen molar-refractivity contribution >= 4 is 40.8 Å². The molecule has 162 valence electrons. The molecule has 1 saturated carbocycles. The predicted molar refractivity (Wildman–Crippen MR) is 128 cm³/mol. The van der Waals surface area contributed by atoms with Crippen LogP contribution in [0.3, 0.4) is 0 Å². The number of hydrogen-bond donors (Lipinski definition) is 2. The van der Waals surface area contributed by atoms with E-state index >= 15 is 0 Å². The summed E-state index contributed by atoms with van der Waals surface area (Å²) in [7, 11) is 0. The number of halogens is 3. The summed E-state index contributed by atoms with van der Waals surface area (Å²) in [4.78, 5) is 6.69. The molecule has 7 heteroatoms. The molecule has 0 aliphatic heterocycles. The second-order valence-electron chi connectivity index (χ2n) is 8.20. The van der Waals surface area contributed by atoms with E-state index < -0.39 is 0 Å². The third-order valence-corrected chi connectivity index (χ3v) is 6.72. The molecule has 0 spiro atoms. The van der Waals surface area contributed by atoms with Crippen molar-refractivity contribution in [2.75, 3.05) is 13.1 Å². The number of rotatable bonds is 8. The molecule has 2 aromatic carbocycles. The molecular weight excluding hydrogens is 439 g/mol. The van der Waals surface area contributed by atoms with E-state index in [1.54, 1.807) is 0 Å². The third-order valence-electron chi connectivity index (χ3n) is 5.72. The lowest BCUT2D eigenvalue weighted by atomic mass is 9.81. The molecule has 4 nitrogen and oxygen atoms in total. The van der Waals surface area contributed by atoms with Crippen LogP contribution in [0.25, 0.3) is 0 Å². The lowest BCUT2D eigenvalue weighted by Crippen LogP contribution is -2.31. The maximum absolute atomic E-state index is 6.24. The van der Waals surface area contributed by atoms with E-state index in [9.17, 15) is 0 Å². The Kier molecular flexibility index (Phi) is 8.70. The van der Waals surface area contributed by atoms with E-state index in [2.05, 4.69) is 28.1 Å². The normalized spacial score (nSPS) is 19.1. The fourth-order valence-electron chi connectivity index (χ4n) is 4.13. The average molecular weight is 468 g/mol.